The van der Waals surface area contributed by atoms with Gasteiger partial charge in [-0.3, -0.25) is 4.79 Å². The third-order valence-electron chi connectivity index (χ3n) is 1.92. The Morgan fingerprint density at radius 3 is 1.77 bits per heavy atom. The summed E-state index contributed by atoms with van der Waals surface area (Å²) < 4.78 is 0. The fourth-order valence-electron chi connectivity index (χ4n) is 0.675. The van der Waals surface area contributed by atoms with Gasteiger partial charge in [0.1, 0.15) is 0 Å². The van der Waals surface area contributed by atoms with E-state index in [1.165, 1.54) is 0 Å². The third kappa shape index (κ3) is 9.30. The lowest BCUT2D eigenvalue weighted by atomic mass is 9.96. The van der Waals surface area contributed by atoms with E-state index in [0.29, 0.717) is 6.42 Å². The Morgan fingerprint density at radius 2 is 1.69 bits per heavy atom. The number of carbonyl (C=O) groups is 1. The van der Waals surface area contributed by atoms with Crippen molar-refractivity contribution in [2.45, 2.75) is 46.3 Å². The molecule has 0 heterocycles. The normalized spacial score (nSPS) is 12.8. The molecule has 0 aromatic rings. The van der Waals surface area contributed by atoms with E-state index in [1.54, 1.807) is 6.92 Å². The quantitative estimate of drug-likeness (QED) is 0.587. The van der Waals surface area contributed by atoms with E-state index in [-0.39, 0.29) is 5.92 Å². The first kappa shape index (κ1) is 14.9. The number of carboxylic acid groups (broad SMARTS) is 1. The summed E-state index contributed by atoms with van der Waals surface area (Å²) in [5, 5.41) is 25.7. The maximum Gasteiger partial charge on any atom is 0.300 e. The number of aliphatic carboxylic acids is 1. The predicted molar refractivity (Wildman–Crippen MR) is 50.2 cm³/mol. The van der Waals surface area contributed by atoms with Crippen LogP contribution in [0.15, 0.2) is 0 Å². The molecule has 0 aromatic carbocycles. The molecule has 0 aliphatic carbocycles. The summed E-state index contributed by atoms with van der Waals surface area (Å²) >= 11 is 0. The monoisotopic (exact) mass is 192 g/mol. The summed E-state index contributed by atoms with van der Waals surface area (Å²) in [6.45, 7) is 6.64. The Kier molecular flexibility index (Phi) is 7.85. The van der Waals surface area contributed by atoms with E-state index in [1.807, 2.05) is 13.8 Å². The summed E-state index contributed by atoms with van der Waals surface area (Å²) in [6, 6.07) is 0. The molecule has 0 bridgehead atoms. The molecule has 0 fully saturated rings. The van der Waals surface area contributed by atoms with Crippen molar-refractivity contribution in [2.24, 2.45) is 5.92 Å². The second-order valence-corrected chi connectivity index (χ2v) is 3.06. The van der Waals surface area contributed by atoms with Gasteiger partial charge in [-0.15, -0.1) is 0 Å². The minimum absolute atomic E-state index is 0.0255. The highest BCUT2D eigenvalue weighted by atomic mass is 16.5. The zero-order chi connectivity index (χ0) is 11.1. The molecule has 0 radical (unpaired) electrons. The van der Waals surface area contributed by atoms with Crippen molar-refractivity contribution in [1.29, 1.82) is 0 Å². The molecule has 0 aliphatic heterocycles. The van der Waals surface area contributed by atoms with Crippen LogP contribution in [0.1, 0.15) is 40.5 Å². The molecule has 0 rings (SSSR count). The predicted octanol–water partition coefficient (Wildman–Crippen LogP) is 1.21. The number of hydrogen-bond acceptors (Lipinski definition) is 3. The van der Waals surface area contributed by atoms with Crippen molar-refractivity contribution in [2.75, 3.05) is 0 Å². The molecule has 1 atom stereocenters. The van der Waals surface area contributed by atoms with Crippen molar-refractivity contribution < 1.29 is 20.1 Å². The number of carboxylic acids is 1. The molecule has 4 heteroatoms. The van der Waals surface area contributed by atoms with E-state index < -0.39 is 11.8 Å². The topological polar surface area (TPSA) is 77.8 Å². The van der Waals surface area contributed by atoms with Gasteiger partial charge in [-0.1, -0.05) is 20.8 Å². The lowest BCUT2D eigenvalue weighted by Gasteiger charge is -2.25. The molecule has 80 valence electrons. The van der Waals surface area contributed by atoms with Crippen LogP contribution in [0.3, 0.4) is 0 Å². The summed E-state index contributed by atoms with van der Waals surface area (Å²) in [6.07, 6.45) is 1.21. The Hall–Kier alpha value is -0.610. The summed E-state index contributed by atoms with van der Waals surface area (Å²) in [5.74, 6) is -2.31. The first-order valence-electron chi connectivity index (χ1n) is 4.42. The zero-order valence-electron chi connectivity index (χ0n) is 8.74. The van der Waals surface area contributed by atoms with E-state index in [9.17, 15) is 0 Å². The standard InChI is InChI=1S/C7H16O2.C2H4O2/c1-4-6(3)7(8,9)5-2;1-2(3)4/h6,8-9H,4-5H2,1-3H3;1H3,(H,3,4). The van der Waals surface area contributed by atoms with E-state index >= 15 is 0 Å². The Labute approximate surface area is 79.2 Å². The number of rotatable bonds is 3. The molecule has 3 N–H and O–H groups in total. The minimum atomic E-state index is -1.45. The lowest BCUT2D eigenvalue weighted by molar-refractivity contribution is -0.198. The molecule has 0 saturated carbocycles. The highest BCUT2D eigenvalue weighted by Crippen LogP contribution is 2.19. The van der Waals surface area contributed by atoms with Gasteiger partial charge in [0.05, 0.1) is 0 Å². The van der Waals surface area contributed by atoms with Gasteiger partial charge in [0.2, 0.25) is 0 Å². The van der Waals surface area contributed by atoms with Crippen LogP contribution in [-0.2, 0) is 4.79 Å². The van der Waals surface area contributed by atoms with E-state index in [4.69, 9.17) is 20.1 Å². The van der Waals surface area contributed by atoms with Gasteiger partial charge in [0, 0.05) is 12.8 Å². The first-order valence-corrected chi connectivity index (χ1v) is 4.42. The van der Waals surface area contributed by atoms with E-state index in [2.05, 4.69) is 0 Å². The van der Waals surface area contributed by atoms with Crippen molar-refractivity contribution in [3.63, 3.8) is 0 Å². The van der Waals surface area contributed by atoms with Crippen LogP contribution in [0.2, 0.25) is 0 Å². The van der Waals surface area contributed by atoms with Gasteiger partial charge in [-0.2, -0.15) is 0 Å². The van der Waals surface area contributed by atoms with Crippen LogP contribution >= 0.6 is 0 Å². The Morgan fingerprint density at radius 1 is 1.38 bits per heavy atom. The molecule has 0 spiro atoms. The van der Waals surface area contributed by atoms with Crippen molar-refractivity contribution in [3.8, 4) is 0 Å². The van der Waals surface area contributed by atoms with Gasteiger partial charge < -0.3 is 15.3 Å². The molecule has 0 amide bonds. The smallest absolute Gasteiger partial charge is 0.300 e. The van der Waals surface area contributed by atoms with Gasteiger partial charge >= 0.3 is 0 Å². The fourth-order valence-corrected chi connectivity index (χ4v) is 0.675. The molecule has 0 aliphatic rings. The maximum absolute atomic E-state index is 9.15. The molecular formula is C9H20O4. The summed E-state index contributed by atoms with van der Waals surface area (Å²) in [4.78, 5) is 9.00. The third-order valence-corrected chi connectivity index (χ3v) is 1.92. The molecule has 13 heavy (non-hydrogen) atoms. The van der Waals surface area contributed by atoms with Crippen LogP contribution in [-0.4, -0.2) is 27.1 Å². The molecule has 1 unspecified atom stereocenters. The first-order chi connectivity index (χ1) is 5.77. The molecular weight excluding hydrogens is 172 g/mol. The Bertz CT molecular complexity index is 139. The SMILES string of the molecule is CC(=O)O.CCC(C)C(O)(O)CC. The van der Waals surface area contributed by atoms with Crippen LogP contribution in [0, 0.1) is 5.92 Å². The van der Waals surface area contributed by atoms with Gasteiger partial charge in [0.15, 0.2) is 5.79 Å². The molecule has 0 aromatic heterocycles. The van der Waals surface area contributed by atoms with Gasteiger partial charge in [-0.25, -0.2) is 0 Å². The highest BCUT2D eigenvalue weighted by Gasteiger charge is 2.26. The van der Waals surface area contributed by atoms with Crippen LogP contribution < -0.4 is 0 Å². The van der Waals surface area contributed by atoms with Crippen molar-refractivity contribution in [3.05, 3.63) is 0 Å². The number of hydrogen-bond donors (Lipinski definition) is 3. The fraction of sp³-hybridized carbons (Fsp3) is 0.889. The van der Waals surface area contributed by atoms with Crippen LogP contribution in [0.5, 0.6) is 0 Å². The van der Waals surface area contributed by atoms with Crippen molar-refractivity contribution >= 4 is 5.97 Å². The summed E-state index contributed by atoms with van der Waals surface area (Å²) in [5.41, 5.74) is 0. The summed E-state index contributed by atoms with van der Waals surface area (Å²) in [7, 11) is 0. The maximum atomic E-state index is 9.15. The zero-order valence-corrected chi connectivity index (χ0v) is 8.74. The van der Waals surface area contributed by atoms with Gasteiger partial charge in [0.25, 0.3) is 5.97 Å². The number of aliphatic hydroxyl groups is 2. The van der Waals surface area contributed by atoms with Crippen LogP contribution in [0.25, 0.3) is 0 Å². The van der Waals surface area contributed by atoms with Crippen molar-refractivity contribution in [1.82, 2.24) is 0 Å². The molecule has 4 nitrogen and oxygen atoms in total. The average molecular weight is 192 g/mol. The molecule has 0 saturated heterocycles. The van der Waals surface area contributed by atoms with E-state index in [0.717, 1.165) is 13.3 Å². The second kappa shape index (κ2) is 6.86. The average Bonchev–Trinajstić information content (AvgIpc) is 2.02. The lowest BCUT2D eigenvalue weighted by Crippen LogP contribution is -2.34. The Balaban J connectivity index is 0. The second-order valence-electron chi connectivity index (χ2n) is 3.06. The van der Waals surface area contributed by atoms with Crippen LogP contribution in [0.4, 0.5) is 0 Å². The largest absolute Gasteiger partial charge is 0.481 e. The van der Waals surface area contributed by atoms with Gasteiger partial charge in [-0.05, 0) is 12.8 Å². The highest BCUT2D eigenvalue weighted by molar-refractivity contribution is 5.62. The minimum Gasteiger partial charge on any atom is -0.481 e.